The molecule has 1 aromatic carbocycles. The Morgan fingerprint density at radius 1 is 1.03 bits per heavy atom. The summed E-state index contributed by atoms with van der Waals surface area (Å²) in [6, 6.07) is 5.85. The molecule has 1 atom stereocenters. The normalized spacial score (nSPS) is 19.2. The molecule has 178 valence electrons. The number of nitrogens with one attached hydrogen (secondary N) is 1. The number of urea groups is 1. The van der Waals surface area contributed by atoms with Crippen LogP contribution in [0.2, 0.25) is 0 Å². The molecule has 0 radical (unpaired) electrons. The van der Waals surface area contributed by atoms with E-state index in [9.17, 15) is 14.0 Å². The van der Waals surface area contributed by atoms with Crippen LogP contribution in [-0.4, -0.2) is 60.6 Å². The van der Waals surface area contributed by atoms with E-state index in [1.165, 1.54) is 18.9 Å². The minimum absolute atomic E-state index is 0.0138. The molecule has 0 aliphatic carbocycles. The second-order valence-electron chi connectivity index (χ2n) is 10.1. The van der Waals surface area contributed by atoms with Gasteiger partial charge >= 0.3 is 6.03 Å². The van der Waals surface area contributed by atoms with Crippen molar-refractivity contribution in [1.29, 1.82) is 0 Å². The fourth-order valence-corrected chi connectivity index (χ4v) is 4.36. The molecule has 0 saturated carbocycles. The maximum absolute atomic E-state index is 13.9. The third-order valence-electron chi connectivity index (χ3n) is 6.63. The summed E-state index contributed by atoms with van der Waals surface area (Å²) in [6.07, 6.45) is 6.01. The van der Waals surface area contributed by atoms with E-state index in [0.29, 0.717) is 25.9 Å². The molecule has 32 heavy (non-hydrogen) atoms. The lowest BCUT2D eigenvalue weighted by molar-refractivity contribution is -0.136. The van der Waals surface area contributed by atoms with Gasteiger partial charge in [0, 0.05) is 32.1 Å². The van der Waals surface area contributed by atoms with Crippen molar-refractivity contribution in [3.8, 4) is 5.75 Å². The maximum Gasteiger partial charge on any atom is 0.317 e. The van der Waals surface area contributed by atoms with E-state index >= 15 is 0 Å². The predicted octanol–water partition coefficient (Wildman–Crippen LogP) is 4.44. The van der Waals surface area contributed by atoms with Crippen molar-refractivity contribution in [3.63, 3.8) is 0 Å². The number of nitrogens with zero attached hydrogens (tertiary/aromatic N) is 2. The minimum atomic E-state index is -0.414. The summed E-state index contributed by atoms with van der Waals surface area (Å²) in [5.41, 5.74) is -0.262. The number of carbonyl (C=O) groups excluding carboxylic acids is 2. The van der Waals surface area contributed by atoms with Crippen molar-refractivity contribution in [2.45, 2.75) is 65.3 Å². The third kappa shape index (κ3) is 6.59. The van der Waals surface area contributed by atoms with E-state index in [1.807, 2.05) is 25.7 Å². The summed E-state index contributed by atoms with van der Waals surface area (Å²) in [4.78, 5) is 29.7. The van der Waals surface area contributed by atoms with Gasteiger partial charge in [0.1, 0.15) is 6.61 Å². The van der Waals surface area contributed by atoms with Gasteiger partial charge in [0.05, 0.1) is 6.04 Å². The molecule has 2 aliphatic rings. The van der Waals surface area contributed by atoms with Crippen LogP contribution < -0.4 is 10.1 Å². The van der Waals surface area contributed by atoms with Gasteiger partial charge in [-0.2, -0.15) is 0 Å². The van der Waals surface area contributed by atoms with Gasteiger partial charge in [-0.1, -0.05) is 45.7 Å². The molecule has 3 rings (SSSR count). The van der Waals surface area contributed by atoms with Gasteiger partial charge in [0.2, 0.25) is 5.91 Å². The highest BCUT2D eigenvalue weighted by Gasteiger charge is 2.33. The smallest absolute Gasteiger partial charge is 0.317 e. The van der Waals surface area contributed by atoms with Crippen LogP contribution in [0.5, 0.6) is 5.75 Å². The number of para-hydroxylation sites is 1. The monoisotopic (exact) mass is 447 g/mol. The van der Waals surface area contributed by atoms with E-state index in [2.05, 4.69) is 5.32 Å². The molecule has 2 heterocycles. The van der Waals surface area contributed by atoms with Gasteiger partial charge in [-0.25, -0.2) is 9.18 Å². The van der Waals surface area contributed by atoms with E-state index < -0.39 is 5.82 Å². The molecule has 2 aliphatic heterocycles. The Kier molecular flexibility index (Phi) is 8.38. The van der Waals surface area contributed by atoms with E-state index in [0.717, 1.165) is 25.9 Å². The van der Waals surface area contributed by atoms with Crippen molar-refractivity contribution in [3.05, 3.63) is 30.1 Å². The van der Waals surface area contributed by atoms with Crippen molar-refractivity contribution in [2.75, 3.05) is 32.8 Å². The molecule has 1 N–H and O–H groups in total. The van der Waals surface area contributed by atoms with Crippen LogP contribution in [0, 0.1) is 17.2 Å². The second kappa shape index (κ2) is 11.0. The Hall–Kier alpha value is -2.31. The van der Waals surface area contributed by atoms with Crippen molar-refractivity contribution < 1.29 is 18.7 Å². The maximum atomic E-state index is 13.9. The first kappa shape index (κ1) is 24.3. The highest BCUT2D eigenvalue weighted by atomic mass is 19.1. The highest BCUT2D eigenvalue weighted by molar-refractivity contribution is 5.80. The Morgan fingerprint density at radius 3 is 2.25 bits per heavy atom. The molecule has 1 aromatic rings. The van der Waals surface area contributed by atoms with E-state index in [1.54, 1.807) is 23.1 Å². The van der Waals surface area contributed by atoms with Gasteiger partial charge in [-0.05, 0) is 43.2 Å². The number of hydrogen-bond donors (Lipinski definition) is 1. The molecule has 0 bridgehead atoms. The summed E-state index contributed by atoms with van der Waals surface area (Å²) >= 11 is 0. The first-order valence-electron chi connectivity index (χ1n) is 12.0. The number of ether oxygens (including phenoxy) is 1. The zero-order valence-corrected chi connectivity index (χ0v) is 19.7. The van der Waals surface area contributed by atoms with Gasteiger partial charge in [-0.3, -0.25) is 4.79 Å². The number of hydrogen-bond acceptors (Lipinski definition) is 3. The van der Waals surface area contributed by atoms with Gasteiger partial charge in [0.25, 0.3) is 0 Å². The Bertz CT molecular complexity index is 764. The van der Waals surface area contributed by atoms with Gasteiger partial charge in [0.15, 0.2) is 11.6 Å². The molecule has 3 amide bonds. The molecule has 0 spiro atoms. The Labute approximate surface area is 191 Å². The summed E-state index contributed by atoms with van der Waals surface area (Å²) in [7, 11) is 0. The molecular formula is C25H38FN3O3. The first-order chi connectivity index (χ1) is 15.3. The number of benzene rings is 1. The fraction of sp³-hybridized carbons (Fsp3) is 0.680. The topological polar surface area (TPSA) is 61.9 Å². The standard InChI is InChI=1S/C25H38FN3O3/c1-25(2,3)22(18-32-21-11-7-6-10-20(21)26)27-24(31)29-16-12-19(13-17-29)23(30)28-14-8-4-5-9-15-28/h6-7,10-11,19,22H,4-5,8-9,12-18H2,1-3H3,(H,27,31). The van der Waals surface area contributed by atoms with Crippen molar-refractivity contribution in [1.82, 2.24) is 15.1 Å². The van der Waals surface area contributed by atoms with Crippen LogP contribution in [-0.2, 0) is 4.79 Å². The quantitative estimate of drug-likeness (QED) is 0.726. The lowest BCUT2D eigenvalue weighted by atomic mass is 9.87. The lowest BCUT2D eigenvalue weighted by Crippen LogP contribution is -2.54. The van der Waals surface area contributed by atoms with Gasteiger partial charge < -0.3 is 19.9 Å². The lowest BCUT2D eigenvalue weighted by Gasteiger charge is -2.37. The average molecular weight is 448 g/mol. The molecule has 2 fully saturated rings. The zero-order valence-electron chi connectivity index (χ0n) is 19.7. The largest absolute Gasteiger partial charge is 0.488 e. The van der Waals surface area contributed by atoms with Crippen LogP contribution >= 0.6 is 0 Å². The Morgan fingerprint density at radius 2 is 1.66 bits per heavy atom. The third-order valence-corrected chi connectivity index (χ3v) is 6.63. The predicted molar refractivity (Wildman–Crippen MR) is 123 cm³/mol. The molecule has 0 aromatic heterocycles. The summed E-state index contributed by atoms with van der Waals surface area (Å²) in [5.74, 6) is 0.0456. The van der Waals surface area contributed by atoms with Crippen molar-refractivity contribution in [2.24, 2.45) is 11.3 Å². The number of carbonyl (C=O) groups is 2. The highest BCUT2D eigenvalue weighted by Crippen LogP contribution is 2.25. The summed E-state index contributed by atoms with van der Waals surface area (Å²) < 4.78 is 19.6. The summed E-state index contributed by atoms with van der Waals surface area (Å²) in [6.45, 7) is 9.13. The van der Waals surface area contributed by atoms with Crippen LogP contribution in [0.4, 0.5) is 9.18 Å². The Balaban J connectivity index is 1.51. The van der Waals surface area contributed by atoms with Gasteiger partial charge in [-0.15, -0.1) is 0 Å². The number of amides is 3. The molecule has 2 saturated heterocycles. The zero-order chi connectivity index (χ0) is 23.1. The van der Waals surface area contributed by atoms with Crippen LogP contribution in [0.15, 0.2) is 24.3 Å². The van der Waals surface area contributed by atoms with Crippen LogP contribution in [0.1, 0.15) is 59.3 Å². The molecule has 6 nitrogen and oxygen atoms in total. The number of halogens is 1. The fourth-order valence-electron chi connectivity index (χ4n) is 4.36. The van der Waals surface area contributed by atoms with E-state index in [4.69, 9.17) is 4.74 Å². The molecular weight excluding hydrogens is 409 g/mol. The number of rotatable bonds is 5. The average Bonchev–Trinajstić information content (AvgIpc) is 3.06. The second-order valence-corrected chi connectivity index (χ2v) is 10.1. The van der Waals surface area contributed by atoms with Crippen LogP contribution in [0.25, 0.3) is 0 Å². The first-order valence-corrected chi connectivity index (χ1v) is 12.0. The molecule has 7 heteroatoms. The minimum Gasteiger partial charge on any atom is -0.488 e. The number of likely N-dealkylation sites (tertiary alicyclic amines) is 2. The summed E-state index contributed by atoms with van der Waals surface area (Å²) in [5, 5.41) is 3.08. The van der Waals surface area contributed by atoms with E-state index in [-0.39, 0.29) is 41.7 Å². The van der Waals surface area contributed by atoms with Crippen molar-refractivity contribution >= 4 is 11.9 Å². The SMILES string of the molecule is CC(C)(C)C(COc1ccccc1F)NC(=O)N1CCC(C(=O)N2CCCCCC2)CC1. The van der Waals surface area contributed by atoms with Crippen LogP contribution in [0.3, 0.4) is 0 Å². The molecule has 1 unspecified atom stereocenters. The number of piperidine rings is 1.